The lowest BCUT2D eigenvalue weighted by Crippen LogP contribution is -2.32. The van der Waals surface area contributed by atoms with Crippen LogP contribution in [0.3, 0.4) is 0 Å². The van der Waals surface area contributed by atoms with Gasteiger partial charge in [0.05, 0.1) is 12.6 Å². The molecule has 0 unspecified atom stereocenters. The predicted molar refractivity (Wildman–Crippen MR) is 64.5 cm³/mol. The highest BCUT2D eigenvalue weighted by molar-refractivity contribution is 5.94. The Bertz CT molecular complexity index is 333. The largest absolute Gasteiger partial charge is 0.494 e. The molecule has 0 heterocycles. The van der Waals surface area contributed by atoms with Crippen molar-refractivity contribution in [3.05, 3.63) is 24.3 Å². The molecule has 1 aromatic carbocycles. The molecule has 1 rings (SSSR count). The number of anilines is 1. The average Bonchev–Trinajstić information content (AvgIpc) is 2.28. The summed E-state index contributed by atoms with van der Waals surface area (Å²) in [6.45, 7) is 4.40. The highest BCUT2D eigenvalue weighted by atomic mass is 16.5. The molecule has 3 N–H and O–H groups in total. The Kier molecular flexibility index (Phi) is 4.79. The SMILES string of the molecule is CCCOc1ccc(NC(=O)[C@H](C)N)cc1. The van der Waals surface area contributed by atoms with Crippen molar-refractivity contribution >= 4 is 11.6 Å². The molecule has 1 aromatic rings. The standard InChI is InChI=1S/C12H18N2O2/c1-3-8-16-11-6-4-10(5-7-11)14-12(15)9(2)13/h4-7,9H,3,8,13H2,1-2H3,(H,14,15)/t9-/m0/s1. The monoisotopic (exact) mass is 222 g/mol. The molecule has 4 heteroatoms. The summed E-state index contributed by atoms with van der Waals surface area (Å²) in [6.07, 6.45) is 0.975. The van der Waals surface area contributed by atoms with Gasteiger partial charge in [0, 0.05) is 5.69 Å². The number of benzene rings is 1. The second-order valence-corrected chi connectivity index (χ2v) is 3.65. The quantitative estimate of drug-likeness (QED) is 0.798. The van der Waals surface area contributed by atoms with Crippen LogP contribution in [0.25, 0.3) is 0 Å². The summed E-state index contributed by atoms with van der Waals surface area (Å²) in [5.74, 6) is 0.614. The number of carbonyl (C=O) groups excluding carboxylic acids is 1. The van der Waals surface area contributed by atoms with Crippen LogP contribution in [0.2, 0.25) is 0 Å². The molecule has 0 bridgehead atoms. The third-order valence-electron chi connectivity index (χ3n) is 2.01. The van der Waals surface area contributed by atoms with Gasteiger partial charge in [0.2, 0.25) is 5.91 Å². The van der Waals surface area contributed by atoms with E-state index in [1.54, 1.807) is 19.1 Å². The molecule has 0 aliphatic rings. The van der Waals surface area contributed by atoms with Crippen molar-refractivity contribution in [2.75, 3.05) is 11.9 Å². The molecule has 0 aliphatic heterocycles. The summed E-state index contributed by atoms with van der Waals surface area (Å²) >= 11 is 0. The van der Waals surface area contributed by atoms with Gasteiger partial charge >= 0.3 is 0 Å². The molecule has 0 saturated carbocycles. The zero-order valence-corrected chi connectivity index (χ0v) is 9.69. The predicted octanol–water partition coefficient (Wildman–Crippen LogP) is 1.76. The van der Waals surface area contributed by atoms with E-state index >= 15 is 0 Å². The van der Waals surface area contributed by atoms with Crippen LogP contribution in [0.15, 0.2) is 24.3 Å². The second-order valence-electron chi connectivity index (χ2n) is 3.65. The van der Waals surface area contributed by atoms with Gasteiger partial charge in [-0.2, -0.15) is 0 Å². The van der Waals surface area contributed by atoms with E-state index in [0.29, 0.717) is 6.61 Å². The smallest absolute Gasteiger partial charge is 0.240 e. The number of hydrogen-bond donors (Lipinski definition) is 2. The molecule has 88 valence electrons. The fourth-order valence-corrected chi connectivity index (χ4v) is 1.11. The highest BCUT2D eigenvalue weighted by Crippen LogP contribution is 2.15. The molecular weight excluding hydrogens is 204 g/mol. The van der Waals surface area contributed by atoms with Crippen LogP contribution < -0.4 is 15.8 Å². The number of amides is 1. The van der Waals surface area contributed by atoms with Crippen molar-refractivity contribution in [1.29, 1.82) is 0 Å². The first kappa shape index (κ1) is 12.5. The number of nitrogens with two attached hydrogens (primary N) is 1. The maximum atomic E-state index is 11.3. The molecule has 0 radical (unpaired) electrons. The van der Waals surface area contributed by atoms with Crippen molar-refractivity contribution in [3.8, 4) is 5.75 Å². The Morgan fingerprint density at radius 2 is 2.06 bits per heavy atom. The molecule has 0 aromatic heterocycles. The fourth-order valence-electron chi connectivity index (χ4n) is 1.11. The van der Waals surface area contributed by atoms with E-state index in [1.807, 2.05) is 12.1 Å². The molecule has 1 amide bonds. The summed E-state index contributed by atoms with van der Waals surface area (Å²) < 4.78 is 5.43. The molecule has 1 atom stereocenters. The summed E-state index contributed by atoms with van der Waals surface area (Å²) in [5.41, 5.74) is 6.17. The molecule has 0 fully saturated rings. The lowest BCUT2D eigenvalue weighted by Gasteiger charge is -2.09. The molecular formula is C12H18N2O2. The maximum absolute atomic E-state index is 11.3. The number of hydrogen-bond acceptors (Lipinski definition) is 3. The molecule has 16 heavy (non-hydrogen) atoms. The zero-order chi connectivity index (χ0) is 12.0. The van der Waals surface area contributed by atoms with Gasteiger partial charge in [-0.25, -0.2) is 0 Å². The van der Waals surface area contributed by atoms with Crippen molar-refractivity contribution in [2.24, 2.45) is 5.73 Å². The number of ether oxygens (including phenoxy) is 1. The third kappa shape index (κ3) is 3.90. The van der Waals surface area contributed by atoms with E-state index in [9.17, 15) is 4.79 Å². The van der Waals surface area contributed by atoms with Gasteiger partial charge in [0.15, 0.2) is 0 Å². The fraction of sp³-hybridized carbons (Fsp3) is 0.417. The van der Waals surface area contributed by atoms with Crippen LogP contribution >= 0.6 is 0 Å². The minimum absolute atomic E-state index is 0.192. The third-order valence-corrected chi connectivity index (χ3v) is 2.01. The number of carbonyl (C=O) groups is 1. The van der Waals surface area contributed by atoms with E-state index in [1.165, 1.54) is 0 Å². The zero-order valence-electron chi connectivity index (χ0n) is 9.69. The normalized spacial score (nSPS) is 11.9. The molecule has 0 aliphatic carbocycles. The van der Waals surface area contributed by atoms with Crippen molar-refractivity contribution in [3.63, 3.8) is 0 Å². The van der Waals surface area contributed by atoms with E-state index < -0.39 is 6.04 Å². The van der Waals surface area contributed by atoms with Crippen molar-refractivity contribution in [2.45, 2.75) is 26.3 Å². The van der Waals surface area contributed by atoms with Crippen LogP contribution in [0.1, 0.15) is 20.3 Å². The first-order valence-corrected chi connectivity index (χ1v) is 5.42. The van der Waals surface area contributed by atoms with Gasteiger partial charge in [-0.15, -0.1) is 0 Å². The Hall–Kier alpha value is -1.55. The molecule has 0 spiro atoms. The Balaban J connectivity index is 2.54. The van der Waals surface area contributed by atoms with Crippen LogP contribution in [0.4, 0.5) is 5.69 Å². The Morgan fingerprint density at radius 3 is 2.56 bits per heavy atom. The maximum Gasteiger partial charge on any atom is 0.240 e. The lowest BCUT2D eigenvalue weighted by molar-refractivity contribution is -0.117. The van der Waals surface area contributed by atoms with Gasteiger partial charge < -0.3 is 15.8 Å². The number of nitrogens with one attached hydrogen (secondary N) is 1. The molecule has 0 saturated heterocycles. The van der Waals surface area contributed by atoms with Crippen molar-refractivity contribution in [1.82, 2.24) is 0 Å². The Labute approximate surface area is 95.8 Å². The van der Waals surface area contributed by atoms with Crippen LogP contribution in [-0.2, 0) is 4.79 Å². The topological polar surface area (TPSA) is 64.3 Å². The lowest BCUT2D eigenvalue weighted by atomic mass is 10.2. The van der Waals surface area contributed by atoms with Gasteiger partial charge in [-0.05, 0) is 37.6 Å². The van der Waals surface area contributed by atoms with Crippen LogP contribution in [-0.4, -0.2) is 18.6 Å². The number of rotatable bonds is 5. The van der Waals surface area contributed by atoms with E-state index in [0.717, 1.165) is 17.9 Å². The first-order chi connectivity index (χ1) is 7.63. The van der Waals surface area contributed by atoms with Crippen molar-refractivity contribution < 1.29 is 9.53 Å². The second kappa shape index (κ2) is 6.12. The Morgan fingerprint density at radius 1 is 1.44 bits per heavy atom. The van der Waals surface area contributed by atoms with E-state index in [-0.39, 0.29) is 5.91 Å². The highest BCUT2D eigenvalue weighted by Gasteiger charge is 2.06. The summed E-state index contributed by atoms with van der Waals surface area (Å²) in [4.78, 5) is 11.3. The molecule has 4 nitrogen and oxygen atoms in total. The van der Waals surface area contributed by atoms with Gasteiger partial charge in [0.25, 0.3) is 0 Å². The van der Waals surface area contributed by atoms with Gasteiger partial charge in [-0.1, -0.05) is 6.92 Å². The van der Waals surface area contributed by atoms with E-state index in [2.05, 4.69) is 12.2 Å². The summed E-state index contributed by atoms with van der Waals surface area (Å²) in [6, 6.07) is 6.74. The summed E-state index contributed by atoms with van der Waals surface area (Å²) in [7, 11) is 0. The van der Waals surface area contributed by atoms with Gasteiger partial charge in [-0.3, -0.25) is 4.79 Å². The summed E-state index contributed by atoms with van der Waals surface area (Å²) in [5, 5.41) is 2.71. The average molecular weight is 222 g/mol. The van der Waals surface area contributed by atoms with Gasteiger partial charge in [0.1, 0.15) is 5.75 Å². The first-order valence-electron chi connectivity index (χ1n) is 5.42. The van der Waals surface area contributed by atoms with Crippen LogP contribution in [0.5, 0.6) is 5.75 Å². The van der Waals surface area contributed by atoms with E-state index in [4.69, 9.17) is 10.5 Å². The minimum atomic E-state index is -0.504. The minimum Gasteiger partial charge on any atom is -0.494 e. The van der Waals surface area contributed by atoms with Crippen LogP contribution in [0, 0.1) is 0 Å².